The number of halogens is 2. The number of rotatable bonds is 4. The van der Waals surface area contributed by atoms with Gasteiger partial charge < -0.3 is 23.8 Å². The monoisotopic (exact) mass is 438 g/mol. The lowest BCUT2D eigenvalue weighted by atomic mass is 10.1. The van der Waals surface area contributed by atoms with Gasteiger partial charge in [-0.15, -0.1) is 0 Å². The van der Waals surface area contributed by atoms with Crippen LogP contribution in [0.1, 0.15) is 23.0 Å². The maximum atomic E-state index is 13.7. The van der Waals surface area contributed by atoms with Crippen LogP contribution in [0.4, 0.5) is 8.78 Å². The lowest BCUT2D eigenvalue weighted by Gasteiger charge is -2.30. The van der Waals surface area contributed by atoms with Crippen LogP contribution in [-0.4, -0.2) is 40.5 Å². The van der Waals surface area contributed by atoms with E-state index in [1.54, 1.807) is 13.4 Å². The molecular formula is C23H20F2N4O3. The second-order valence-corrected chi connectivity index (χ2v) is 7.48. The Hall–Kier alpha value is -3.88. The van der Waals surface area contributed by atoms with Gasteiger partial charge in [0.2, 0.25) is 12.1 Å². The standard InChI is InChI=1S/C23H20F2N4O3/c1-14-12-28(13-26-14)19-4-3-15(7-20(19)30-2)8-21-22-27-32-23(29(22)5-6-31-21)16-9-17(24)11-18(25)10-16/h3-4,7-13,23H,5-6H2,1-2H3/b21-8-/t23-/m0/s1. The summed E-state index contributed by atoms with van der Waals surface area (Å²) in [4.78, 5) is 11.6. The number of ether oxygens (including phenoxy) is 2. The Balaban J connectivity index is 1.43. The molecule has 32 heavy (non-hydrogen) atoms. The van der Waals surface area contributed by atoms with E-state index < -0.39 is 17.9 Å². The third-order valence-corrected chi connectivity index (χ3v) is 5.27. The van der Waals surface area contributed by atoms with Gasteiger partial charge in [0.05, 0.1) is 31.4 Å². The third kappa shape index (κ3) is 3.66. The predicted molar refractivity (Wildman–Crippen MR) is 113 cm³/mol. The summed E-state index contributed by atoms with van der Waals surface area (Å²) in [6.07, 6.45) is 4.75. The molecule has 0 aliphatic carbocycles. The van der Waals surface area contributed by atoms with E-state index >= 15 is 0 Å². The summed E-state index contributed by atoms with van der Waals surface area (Å²) in [5, 5.41) is 4.12. The van der Waals surface area contributed by atoms with Gasteiger partial charge in [-0.3, -0.25) is 0 Å². The highest BCUT2D eigenvalue weighted by Crippen LogP contribution is 2.34. The molecule has 0 saturated carbocycles. The van der Waals surface area contributed by atoms with Crippen molar-refractivity contribution in [2.45, 2.75) is 13.2 Å². The van der Waals surface area contributed by atoms with Gasteiger partial charge in [0.15, 0.2) is 5.76 Å². The van der Waals surface area contributed by atoms with Crippen LogP contribution in [0.3, 0.4) is 0 Å². The number of hydrogen-bond acceptors (Lipinski definition) is 6. The molecule has 164 valence electrons. The van der Waals surface area contributed by atoms with Gasteiger partial charge >= 0.3 is 0 Å². The molecule has 3 heterocycles. The fourth-order valence-electron chi connectivity index (χ4n) is 3.81. The van der Waals surface area contributed by atoms with Crippen molar-refractivity contribution in [3.63, 3.8) is 0 Å². The zero-order valence-electron chi connectivity index (χ0n) is 17.5. The Morgan fingerprint density at radius 2 is 1.97 bits per heavy atom. The summed E-state index contributed by atoms with van der Waals surface area (Å²) >= 11 is 0. The van der Waals surface area contributed by atoms with Crippen molar-refractivity contribution in [2.24, 2.45) is 5.16 Å². The molecule has 3 aromatic rings. The zero-order valence-corrected chi connectivity index (χ0v) is 17.5. The second kappa shape index (κ2) is 7.99. The largest absolute Gasteiger partial charge is 0.495 e. The Morgan fingerprint density at radius 1 is 1.16 bits per heavy atom. The normalized spacial score (nSPS) is 18.8. The average molecular weight is 438 g/mol. The number of hydrogen-bond donors (Lipinski definition) is 0. The molecule has 0 radical (unpaired) electrons. The lowest BCUT2D eigenvalue weighted by molar-refractivity contribution is -0.00213. The minimum Gasteiger partial charge on any atom is -0.495 e. The molecule has 9 heteroatoms. The summed E-state index contributed by atoms with van der Waals surface area (Å²) in [5.41, 5.74) is 2.95. The van der Waals surface area contributed by atoms with Gasteiger partial charge in [-0.05, 0) is 42.8 Å². The topological polar surface area (TPSA) is 61.1 Å². The molecule has 1 fully saturated rings. The molecular weight excluding hydrogens is 418 g/mol. The predicted octanol–water partition coefficient (Wildman–Crippen LogP) is 4.18. The first-order chi connectivity index (χ1) is 15.5. The second-order valence-electron chi connectivity index (χ2n) is 7.48. The molecule has 0 unspecified atom stereocenters. The van der Waals surface area contributed by atoms with Crippen LogP contribution >= 0.6 is 0 Å². The maximum Gasteiger partial charge on any atom is 0.227 e. The van der Waals surface area contributed by atoms with Gasteiger partial charge in [-0.2, -0.15) is 0 Å². The van der Waals surface area contributed by atoms with Crippen molar-refractivity contribution in [1.82, 2.24) is 14.5 Å². The quantitative estimate of drug-likeness (QED) is 0.612. The van der Waals surface area contributed by atoms with Crippen molar-refractivity contribution in [2.75, 3.05) is 20.3 Å². The molecule has 0 bridgehead atoms. The van der Waals surface area contributed by atoms with E-state index in [-0.39, 0.29) is 0 Å². The number of benzene rings is 2. The molecule has 1 aromatic heterocycles. The van der Waals surface area contributed by atoms with Crippen molar-refractivity contribution >= 4 is 11.9 Å². The number of morpholine rings is 1. The van der Waals surface area contributed by atoms with E-state index in [1.165, 1.54) is 12.1 Å². The average Bonchev–Trinajstić information content (AvgIpc) is 3.40. The SMILES string of the molecule is COc1cc(/C=C2\OCCN3C2=NO[C@H]3c2cc(F)cc(F)c2)ccc1-n1cnc(C)c1. The minimum absolute atomic E-state index is 0.351. The van der Waals surface area contributed by atoms with Crippen molar-refractivity contribution in [1.29, 1.82) is 0 Å². The van der Waals surface area contributed by atoms with E-state index in [4.69, 9.17) is 14.3 Å². The highest BCUT2D eigenvalue weighted by molar-refractivity contribution is 6.01. The number of imidazole rings is 1. The van der Waals surface area contributed by atoms with Crippen molar-refractivity contribution < 1.29 is 23.1 Å². The summed E-state index contributed by atoms with van der Waals surface area (Å²) in [7, 11) is 1.61. The highest BCUT2D eigenvalue weighted by atomic mass is 19.1. The lowest BCUT2D eigenvalue weighted by Crippen LogP contribution is -2.39. The smallest absolute Gasteiger partial charge is 0.227 e. The molecule has 1 atom stereocenters. The number of oxime groups is 1. The van der Waals surface area contributed by atoms with E-state index in [2.05, 4.69) is 10.1 Å². The number of aromatic nitrogens is 2. The molecule has 5 rings (SSSR count). The van der Waals surface area contributed by atoms with Crippen LogP contribution < -0.4 is 4.74 Å². The molecule has 7 nitrogen and oxygen atoms in total. The van der Waals surface area contributed by atoms with Gasteiger partial charge in [0, 0.05) is 17.8 Å². The number of fused-ring (bicyclic) bond motifs is 1. The highest BCUT2D eigenvalue weighted by Gasteiger charge is 2.37. The molecule has 1 saturated heterocycles. The summed E-state index contributed by atoms with van der Waals surface area (Å²) in [6.45, 7) is 2.77. The zero-order chi connectivity index (χ0) is 22.2. The Morgan fingerprint density at radius 3 is 2.69 bits per heavy atom. The van der Waals surface area contributed by atoms with Crippen LogP contribution in [0.2, 0.25) is 0 Å². The van der Waals surface area contributed by atoms with E-state index in [9.17, 15) is 8.78 Å². The summed E-state index contributed by atoms with van der Waals surface area (Å²) in [6, 6.07) is 9.05. The van der Waals surface area contributed by atoms with Gasteiger partial charge in [-0.25, -0.2) is 13.8 Å². The Kier molecular flexibility index (Phi) is 5.01. The first kappa shape index (κ1) is 20.0. The Labute approximate surface area is 183 Å². The molecule has 0 spiro atoms. The van der Waals surface area contributed by atoms with Crippen LogP contribution in [-0.2, 0) is 9.57 Å². The minimum atomic E-state index is -0.719. The number of methoxy groups -OCH3 is 1. The van der Waals surface area contributed by atoms with Crippen molar-refractivity contribution in [3.05, 3.63) is 83.1 Å². The number of aryl methyl sites for hydroxylation is 1. The summed E-state index contributed by atoms with van der Waals surface area (Å²) in [5.74, 6) is 0.313. The molecule has 0 N–H and O–H groups in total. The van der Waals surface area contributed by atoms with Crippen LogP contribution in [0.15, 0.2) is 59.8 Å². The number of nitrogens with zero attached hydrogens (tertiary/aromatic N) is 4. The van der Waals surface area contributed by atoms with Gasteiger partial charge in [0.1, 0.15) is 24.0 Å². The fraction of sp³-hybridized carbons (Fsp3) is 0.217. The first-order valence-electron chi connectivity index (χ1n) is 10.0. The van der Waals surface area contributed by atoms with Crippen LogP contribution in [0, 0.1) is 18.6 Å². The van der Waals surface area contributed by atoms with Crippen LogP contribution in [0.25, 0.3) is 11.8 Å². The fourth-order valence-corrected chi connectivity index (χ4v) is 3.81. The molecule has 2 aliphatic rings. The van der Waals surface area contributed by atoms with E-state index in [1.807, 2.05) is 46.9 Å². The van der Waals surface area contributed by atoms with E-state index in [0.29, 0.717) is 36.1 Å². The van der Waals surface area contributed by atoms with Gasteiger partial charge in [-0.1, -0.05) is 11.2 Å². The first-order valence-corrected chi connectivity index (χ1v) is 10.0. The molecule has 0 amide bonds. The maximum absolute atomic E-state index is 13.7. The van der Waals surface area contributed by atoms with Gasteiger partial charge in [0.25, 0.3) is 0 Å². The Bertz CT molecular complexity index is 1220. The van der Waals surface area contributed by atoms with Crippen molar-refractivity contribution in [3.8, 4) is 11.4 Å². The molecule has 2 aromatic carbocycles. The third-order valence-electron chi connectivity index (χ3n) is 5.27. The summed E-state index contributed by atoms with van der Waals surface area (Å²) < 4.78 is 40.7. The van der Waals surface area contributed by atoms with Crippen LogP contribution in [0.5, 0.6) is 5.75 Å². The number of amidine groups is 1. The van der Waals surface area contributed by atoms with E-state index in [0.717, 1.165) is 23.0 Å². The molecule has 2 aliphatic heterocycles.